The van der Waals surface area contributed by atoms with Crippen molar-refractivity contribution in [3.63, 3.8) is 0 Å². The van der Waals surface area contributed by atoms with Crippen molar-refractivity contribution in [3.8, 4) is 5.75 Å². The second-order valence-electron chi connectivity index (χ2n) is 4.55. The van der Waals surface area contributed by atoms with Crippen LogP contribution < -0.4 is 10.1 Å². The van der Waals surface area contributed by atoms with Crippen molar-refractivity contribution in [2.75, 3.05) is 32.0 Å². The van der Waals surface area contributed by atoms with Gasteiger partial charge in [0.25, 0.3) is 0 Å². The van der Waals surface area contributed by atoms with Gasteiger partial charge in [-0.05, 0) is 50.2 Å². The summed E-state index contributed by atoms with van der Waals surface area (Å²) in [5.74, 6) is 0.979. The van der Waals surface area contributed by atoms with E-state index in [2.05, 4.69) is 29.3 Å². The highest BCUT2D eigenvalue weighted by atomic mass is 16.5. The molecule has 0 radical (unpaired) electrons. The van der Waals surface area contributed by atoms with Crippen LogP contribution in [-0.2, 0) is 0 Å². The summed E-state index contributed by atoms with van der Waals surface area (Å²) in [6.07, 6.45) is 2.77. The topological polar surface area (TPSA) is 24.5 Å². The molecular weight excluding hydrogens is 212 g/mol. The van der Waals surface area contributed by atoms with Crippen LogP contribution in [0.3, 0.4) is 0 Å². The van der Waals surface area contributed by atoms with E-state index in [1.807, 2.05) is 19.2 Å². The molecule has 0 bridgehead atoms. The maximum Gasteiger partial charge on any atom is 0.119 e. The van der Waals surface area contributed by atoms with E-state index in [0.717, 1.165) is 24.5 Å². The fraction of sp³-hybridized carbons (Fsp3) is 0.571. The molecule has 3 nitrogen and oxygen atoms in total. The van der Waals surface area contributed by atoms with Gasteiger partial charge in [0.2, 0.25) is 0 Å². The van der Waals surface area contributed by atoms with Gasteiger partial charge in [-0.15, -0.1) is 0 Å². The van der Waals surface area contributed by atoms with Gasteiger partial charge in [-0.3, -0.25) is 4.90 Å². The van der Waals surface area contributed by atoms with E-state index in [4.69, 9.17) is 4.74 Å². The van der Waals surface area contributed by atoms with E-state index in [9.17, 15) is 0 Å². The van der Waals surface area contributed by atoms with Crippen LogP contribution in [0.25, 0.3) is 0 Å². The number of likely N-dealkylation sites (N-methyl/N-ethyl adjacent to an activating group) is 1. The van der Waals surface area contributed by atoms with Crippen molar-refractivity contribution in [2.45, 2.75) is 25.9 Å². The van der Waals surface area contributed by atoms with Gasteiger partial charge in [0.15, 0.2) is 0 Å². The van der Waals surface area contributed by atoms with E-state index >= 15 is 0 Å². The Kier molecular flexibility index (Phi) is 4.26. The molecule has 0 spiro atoms. The first kappa shape index (κ1) is 12.2. The number of piperidine rings is 1. The van der Waals surface area contributed by atoms with Gasteiger partial charge in [-0.2, -0.15) is 0 Å². The molecule has 3 heteroatoms. The molecule has 94 valence electrons. The van der Waals surface area contributed by atoms with E-state index in [0.29, 0.717) is 6.10 Å². The molecule has 1 saturated heterocycles. The Hall–Kier alpha value is -1.22. The average Bonchev–Trinajstić information content (AvgIpc) is 2.40. The van der Waals surface area contributed by atoms with Gasteiger partial charge >= 0.3 is 0 Å². The third-order valence-corrected chi connectivity index (χ3v) is 3.36. The van der Waals surface area contributed by atoms with Crippen molar-refractivity contribution < 1.29 is 4.74 Å². The van der Waals surface area contributed by atoms with Crippen LogP contribution in [0, 0.1) is 0 Å². The van der Waals surface area contributed by atoms with Crippen molar-refractivity contribution >= 4 is 5.69 Å². The predicted molar refractivity (Wildman–Crippen MR) is 71.8 cm³/mol. The summed E-state index contributed by atoms with van der Waals surface area (Å²) >= 11 is 0. The van der Waals surface area contributed by atoms with Gasteiger partial charge in [0, 0.05) is 19.3 Å². The van der Waals surface area contributed by atoms with Gasteiger partial charge in [0.05, 0.1) is 0 Å². The minimum atomic E-state index is 0.351. The first-order valence-electron chi connectivity index (χ1n) is 6.48. The van der Waals surface area contributed by atoms with Crippen molar-refractivity contribution in [1.82, 2.24) is 4.90 Å². The fourth-order valence-electron chi connectivity index (χ4n) is 2.29. The second-order valence-corrected chi connectivity index (χ2v) is 4.55. The van der Waals surface area contributed by atoms with Crippen LogP contribution in [0.4, 0.5) is 5.69 Å². The molecule has 0 aliphatic carbocycles. The zero-order valence-electron chi connectivity index (χ0n) is 10.8. The molecule has 1 heterocycles. The lowest BCUT2D eigenvalue weighted by Gasteiger charge is -2.32. The Bertz CT molecular complexity index is 337. The summed E-state index contributed by atoms with van der Waals surface area (Å²) in [6, 6.07) is 8.18. The Morgan fingerprint density at radius 1 is 1.35 bits per heavy atom. The standard InChI is InChI=1S/C14H22N2O/c1-3-16-10-4-5-14(11-16)17-13-8-6-12(15-2)7-9-13/h6-9,14-15H,3-5,10-11H2,1-2H3. The summed E-state index contributed by atoms with van der Waals surface area (Å²) in [4.78, 5) is 2.45. The molecule has 0 amide bonds. The molecular formula is C14H22N2O. The number of hydrogen-bond donors (Lipinski definition) is 1. The average molecular weight is 234 g/mol. The van der Waals surface area contributed by atoms with Crippen LogP contribution >= 0.6 is 0 Å². The molecule has 17 heavy (non-hydrogen) atoms. The Morgan fingerprint density at radius 2 is 2.12 bits per heavy atom. The Balaban J connectivity index is 1.90. The lowest BCUT2D eigenvalue weighted by Crippen LogP contribution is -2.40. The van der Waals surface area contributed by atoms with Gasteiger partial charge < -0.3 is 10.1 Å². The number of anilines is 1. The third kappa shape index (κ3) is 3.37. The molecule has 2 rings (SSSR count). The smallest absolute Gasteiger partial charge is 0.119 e. The zero-order valence-corrected chi connectivity index (χ0v) is 10.8. The van der Waals surface area contributed by atoms with Crippen LogP contribution in [-0.4, -0.2) is 37.7 Å². The summed E-state index contributed by atoms with van der Waals surface area (Å²) in [5.41, 5.74) is 1.12. The SMILES string of the molecule is CCN1CCCC(Oc2ccc(NC)cc2)C1. The lowest BCUT2D eigenvalue weighted by atomic mass is 10.1. The fourth-order valence-corrected chi connectivity index (χ4v) is 2.29. The van der Waals surface area contributed by atoms with E-state index in [1.54, 1.807) is 0 Å². The monoisotopic (exact) mass is 234 g/mol. The highest BCUT2D eigenvalue weighted by Crippen LogP contribution is 2.20. The van der Waals surface area contributed by atoms with E-state index in [-0.39, 0.29) is 0 Å². The number of rotatable bonds is 4. The van der Waals surface area contributed by atoms with Gasteiger partial charge in [0.1, 0.15) is 11.9 Å². The molecule has 1 aromatic carbocycles. The van der Waals surface area contributed by atoms with Crippen LogP contribution in [0.5, 0.6) is 5.75 Å². The first-order chi connectivity index (χ1) is 8.31. The largest absolute Gasteiger partial charge is 0.489 e. The summed E-state index contributed by atoms with van der Waals surface area (Å²) in [6.45, 7) is 5.61. The molecule has 1 aromatic rings. The normalized spacial score (nSPS) is 21.2. The number of hydrogen-bond acceptors (Lipinski definition) is 3. The summed E-state index contributed by atoms with van der Waals surface area (Å²) in [5, 5.41) is 3.11. The maximum atomic E-state index is 6.02. The Morgan fingerprint density at radius 3 is 2.76 bits per heavy atom. The van der Waals surface area contributed by atoms with Crippen LogP contribution in [0.2, 0.25) is 0 Å². The second kappa shape index (κ2) is 5.92. The summed E-state index contributed by atoms with van der Waals surface area (Å²) < 4.78 is 6.02. The van der Waals surface area contributed by atoms with Crippen LogP contribution in [0.1, 0.15) is 19.8 Å². The number of ether oxygens (including phenoxy) is 1. The van der Waals surface area contributed by atoms with Crippen molar-refractivity contribution in [1.29, 1.82) is 0 Å². The zero-order chi connectivity index (χ0) is 12.1. The summed E-state index contributed by atoms with van der Waals surface area (Å²) in [7, 11) is 1.93. The number of nitrogens with one attached hydrogen (secondary N) is 1. The Labute approximate surface area is 104 Å². The molecule has 1 atom stereocenters. The van der Waals surface area contributed by atoms with Crippen LogP contribution in [0.15, 0.2) is 24.3 Å². The molecule has 0 aromatic heterocycles. The molecule has 1 unspecified atom stereocenters. The van der Waals surface area contributed by atoms with Crippen molar-refractivity contribution in [3.05, 3.63) is 24.3 Å². The number of benzene rings is 1. The van der Waals surface area contributed by atoms with E-state index < -0.39 is 0 Å². The third-order valence-electron chi connectivity index (χ3n) is 3.36. The van der Waals surface area contributed by atoms with Gasteiger partial charge in [-0.1, -0.05) is 6.92 Å². The maximum absolute atomic E-state index is 6.02. The molecule has 0 saturated carbocycles. The van der Waals surface area contributed by atoms with Gasteiger partial charge in [-0.25, -0.2) is 0 Å². The lowest BCUT2D eigenvalue weighted by molar-refractivity contribution is 0.0920. The molecule has 1 fully saturated rings. The quantitative estimate of drug-likeness (QED) is 0.866. The number of nitrogens with zero attached hydrogens (tertiary/aromatic N) is 1. The van der Waals surface area contributed by atoms with E-state index in [1.165, 1.54) is 19.4 Å². The number of likely N-dealkylation sites (tertiary alicyclic amines) is 1. The highest BCUT2D eigenvalue weighted by molar-refractivity contribution is 5.45. The predicted octanol–water partition coefficient (Wildman–Crippen LogP) is 2.59. The first-order valence-corrected chi connectivity index (χ1v) is 6.48. The minimum Gasteiger partial charge on any atom is -0.489 e. The minimum absolute atomic E-state index is 0.351. The highest BCUT2D eigenvalue weighted by Gasteiger charge is 2.19. The molecule has 1 aliphatic rings. The van der Waals surface area contributed by atoms with Crippen molar-refractivity contribution in [2.24, 2.45) is 0 Å². The molecule has 1 aliphatic heterocycles. The molecule has 1 N–H and O–H groups in total.